The highest BCUT2D eigenvalue weighted by atomic mass is 32.1. The van der Waals surface area contributed by atoms with Crippen LogP contribution in [0.3, 0.4) is 0 Å². The lowest BCUT2D eigenvalue weighted by Gasteiger charge is -2.34. The van der Waals surface area contributed by atoms with E-state index in [4.69, 9.17) is 18.0 Å². The van der Waals surface area contributed by atoms with Crippen LogP contribution in [0.1, 0.15) is 19.3 Å². The number of thiocarbonyl (C=S) groups is 1. The van der Waals surface area contributed by atoms with E-state index in [-0.39, 0.29) is 12.7 Å². The molecule has 0 aromatic carbocycles. The summed E-state index contributed by atoms with van der Waals surface area (Å²) in [6, 6.07) is 0.143. The molecule has 0 aliphatic carbocycles. The molecule has 1 saturated heterocycles. The Labute approximate surface area is 77.9 Å². The lowest BCUT2D eigenvalue weighted by Crippen LogP contribution is -2.47. The molecule has 2 nitrogen and oxygen atoms in total. The first-order chi connectivity index (χ1) is 5.75. The van der Waals surface area contributed by atoms with Crippen LogP contribution in [0.25, 0.3) is 0 Å². The molecule has 1 heterocycles. The van der Waals surface area contributed by atoms with Crippen molar-refractivity contribution >= 4 is 17.2 Å². The number of nitrogens with zero attached hydrogens (tertiary/aromatic N) is 1. The minimum Gasteiger partial charge on any atom is -0.392 e. The smallest absolute Gasteiger partial charge is 0.102 e. The number of piperidine rings is 1. The Balaban J connectivity index is 2.48. The maximum absolute atomic E-state index is 12.1. The van der Waals surface area contributed by atoms with Gasteiger partial charge in [-0.3, -0.25) is 4.90 Å². The van der Waals surface area contributed by atoms with Crippen LogP contribution in [0.4, 0.5) is 4.39 Å². The average Bonchev–Trinajstić information content (AvgIpc) is 2.05. The van der Waals surface area contributed by atoms with E-state index in [1.165, 1.54) is 0 Å². The standard InChI is InChI=1S/C8H15FN2S/c9-4-6-11-5-2-1-3-7(11)8(10)12/h7H,1-6H2,(H2,10,12). The summed E-state index contributed by atoms with van der Waals surface area (Å²) in [7, 11) is 0. The van der Waals surface area contributed by atoms with Gasteiger partial charge in [-0.25, -0.2) is 4.39 Å². The largest absolute Gasteiger partial charge is 0.392 e. The summed E-state index contributed by atoms with van der Waals surface area (Å²) >= 11 is 4.92. The topological polar surface area (TPSA) is 29.3 Å². The van der Waals surface area contributed by atoms with Gasteiger partial charge in [-0.15, -0.1) is 0 Å². The molecule has 1 aliphatic heterocycles. The Bertz CT molecular complexity index is 161. The average molecular weight is 190 g/mol. The Morgan fingerprint density at radius 3 is 2.92 bits per heavy atom. The molecule has 12 heavy (non-hydrogen) atoms. The molecule has 0 amide bonds. The molecule has 70 valence electrons. The third-order valence-electron chi connectivity index (χ3n) is 2.31. The van der Waals surface area contributed by atoms with Gasteiger partial charge >= 0.3 is 0 Å². The molecule has 1 fully saturated rings. The first-order valence-electron chi connectivity index (χ1n) is 4.35. The Morgan fingerprint density at radius 1 is 1.58 bits per heavy atom. The van der Waals surface area contributed by atoms with Crippen molar-refractivity contribution in [1.82, 2.24) is 4.90 Å². The van der Waals surface area contributed by atoms with Gasteiger partial charge in [0.25, 0.3) is 0 Å². The summed E-state index contributed by atoms with van der Waals surface area (Å²) in [5, 5.41) is 0. The van der Waals surface area contributed by atoms with E-state index >= 15 is 0 Å². The van der Waals surface area contributed by atoms with Crippen LogP contribution in [-0.2, 0) is 0 Å². The molecule has 0 aromatic rings. The number of halogens is 1. The van der Waals surface area contributed by atoms with Gasteiger partial charge in [0.1, 0.15) is 6.67 Å². The molecule has 1 atom stereocenters. The predicted octanol–water partition coefficient (Wildman–Crippen LogP) is 1.10. The van der Waals surface area contributed by atoms with E-state index in [9.17, 15) is 4.39 Å². The lowest BCUT2D eigenvalue weighted by atomic mass is 10.0. The Kier molecular flexibility index (Phi) is 3.88. The summed E-state index contributed by atoms with van der Waals surface area (Å²) in [6.45, 7) is 1.10. The van der Waals surface area contributed by atoms with Gasteiger partial charge in [-0.1, -0.05) is 18.6 Å². The highest BCUT2D eigenvalue weighted by Gasteiger charge is 2.23. The van der Waals surface area contributed by atoms with E-state index in [0.717, 1.165) is 25.8 Å². The molecule has 1 aliphatic rings. The second-order valence-electron chi connectivity index (χ2n) is 3.14. The summed E-state index contributed by atoms with van der Waals surface area (Å²) < 4.78 is 12.1. The van der Waals surface area contributed by atoms with Crippen molar-refractivity contribution in [3.63, 3.8) is 0 Å². The number of hydrogen-bond donors (Lipinski definition) is 1. The van der Waals surface area contributed by atoms with Crippen molar-refractivity contribution in [2.24, 2.45) is 5.73 Å². The van der Waals surface area contributed by atoms with Crippen molar-refractivity contribution in [1.29, 1.82) is 0 Å². The number of rotatable bonds is 3. The molecule has 1 rings (SSSR count). The quantitative estimate of drug-likeness (QED) is 0.676. The van der Waals surface area contributed by atoms with Crippen LogP contribution >= 0.6 is 12.2 Å². The highest BCUT2D eigenvalue weighted by molar-refractivity contribution is 7.80. The SMILES string of the molecule is NC(=S)C1CCCCN1CCF. The van der Waals surface area contributed by atoms with Crippen molar-refractivity contribution in [2.45, 2.75) is 25.3 Å². The zero-order chi connectivity index (χ0) is 8.97. The van der Waals surface area contributed by atoms with E-state index in [2.05, 4.69) is 0 Å². The Morgan fingerprint density at radius 2 is 2.33 bits per heavy atom. The summed E-state index contributed by atoms with van der Waals surface area (Å²) in [6.07, 6.45) is 3.29. The van der Waals surface area contributed by atoms with Crippen molar-refractivity contribution in [3.8, 4) is 0 Å². The van der Waals surface area contributed by atoms with Crippen LogP contribution in [0.5, 0.6) is 0 Å². The zero-order valence-corrected chi connectivity index (χ0v) is 7.95. The second-order valence-corrected chi connectivity index (χ2v) is 3.61. The fourth-order valence-corrected chi connectivity index (χ4v) is 1.96. The maximum atomic E-state index is 12.1. The van der Waals surface area contributed by atoms with Gasteiger partial charge in [0, 0.05) is 6.54 Å². The van der Waals surface area contributed by atoms with Crippen LogP contribution in [0, 0.1) is 0 Å². The zero-order valence-electron chi connectivity index (χ0n) is 7.13. The molecule has 1 unspecified atom stereocenters. The molecular weight excluding hydrogens is 175 g/mol. The third-order valence-corrected chi connectivity index (χ3v) is 2.59. The molecule has 0 saturated carbocycles. The normalized spacial score (nSPS) is 25.6. The van der Waals surface area contributed by atoms with E-state index in [1.54, 1.807) is 0 Å². The van der Waals surface area contributed by atoms with E-state index in [1.807, 2.05) is 4.90 Å². The highest BCUT2D eigenvalue weighted by Crippen LogP contribution is 2.16. The predicted molar refractivity (Wildman–Crippen MR) is 52.0 cm³/mol. The fraction of sp³-hybridized carbons (Fsp3) is 0.875. The molecule has 0 spiro atoms. The van der Waals surface area contributed by atoms with Crippen LogP contribution in [0.2, 0.25) is 0 Å². The molecule has 0 bridgehead atoms. The van der Waals surface area contributed by atoms with Crippen LogP contribution in [0.15, 0.2) is 0 Å². The van der Waals surface area contributed by atoms with Gasteiger partial charge in [-0.05, 0) is 19.4 Å². The van der Waals surface area contributed by atoms with Crippen molar-refractivity contribution in [2.75, 3.05) is 19.8 Å². The summed E-state index contributed by atoms with van der Waals surface area (Å²) in [5.41, 5.74) is 5.56. The van der Waals surface area contributed by atoms with Crippen molar-refractivity contribution < 1.29 is 4.39 Å². The van der Waals surface area contributed by atoms with Gasteiger partial charge in [0.15, 0.2) is 0 Å². The van der Waals surface area contributed by atoms with Gasteiger partial charge in [0.2, 0.25) is 0 Å². The number of hydrogen-bond acceptors (Lipinski definition) is 2. The molecule has 4 heteroatoms. The van der Waals surface area contributed by atoms with Crippen LogP contribution < -0.4 is 5.73 Å². The van der Waals surface area contributed by atoms with Gasteiger partial charge in [-0.2, -0.15) is 0 Å². The van der Waals surface area contributed by atoms with E-state index < -0.39 is 0 Å². The maximum Gasteiger partial charge on any atom is 0.102 e. The van der Waals surface area contributed by atoms with E-state index in [0.29, 0.717) is 11.5 Å². The molecule has 0 radical (unpaired) electrons. The number of alkyl halides is 1. The lowest BCUT2D eigenvalue weighted by molar-refractivity contribution is 0.178. The molecule has 2 N–H and O–H groups in total. The Hall–Kier alpha value is -0.220. The minimum atomic E-state index is -0.306. The molecular formula is C8H15FN2S. The molecule has 0 aromatic heterocycles. The summed E-state index contributed by atoms with van der Waals surface area (Å²) in [4.78, 5) is 2.56. The summed E-state index contributed by atoms with van der Waals surface area (Å²) in [5.74, 6) is 0. The first kappa shape index (κ1) is 9.86. The van der Waals surface area contributed by atoms with Crippen LogP contribution in [-0.4, -0.2) is 35.7 Å². The second kappa shape index (κ2) is 4.72. The monoisotopic (exact) mass is 190 g/mol. The third kappa shape index (κ3) is 2.38. The fourth-order valence-electron chi connectivity index (χ4n) is 1.69. The van der Waals surface area contributed by atoms with Gasteiger partial charge < -0.3 is 5.73 Å². The number of nitrogens with two attached hydrogens (primary N) is 1. The van der Waals surface area contributed by atoms with Crippen molar-refractivity contribution in [3.05, 3.63) is 0 Å². The van der Waals surface area contributed by atoms with Gasteiger partial charge in [0.05, 0.1) is 11.0 Å². The number of likely N-dealkylation sites (tertiary alicyclic amines) is 1. The first-order valence-corrected chi connectivity index (χ1v) is 4.76. The minimum absolute atomic E-state index is 0.143.